The molecular formula is C12H15FN2O. The van der Waals surface area contributed by atoms with E-state index in [0.29, 0.717) is 25.2 Å². The SMILES string of the molecule is O=C1CCCNCCN1c1ccccc1F. The number of anilines is 1. The Morgan fingerprint density at radius 1 is 1.25 bits per heavy atom. The van der Waals surface area contributed by atoms with E-state index in [9.17, 15) is 9.18 Å². The molecule has 3 nitrogen and oxygen atoms in total. The van der Waals surface area contributed by atoms with Crippen molar-refractivity contribution in [1.29, 1.82) is 0 Å². The van der Waals surface area contributed by atoms with Crippen molar-refractivity contribution in [3.8, 4) is 0 Å². The highest BCUT2D eigenvalue weighted by Crippen LogP contribution is 2.19. The Morgan fingerprint density at radius 2 is 2.06 bits per heavy atom. The normalized spacial score (nSPS) is 18.1. The number of carbonyl (C=O) groups is 1. The van der Waals surface area contributed by atoms with Crippen LogP contribution in [-0.2, 0) is 4.79 Å². The van der Waals surface area contributed by atoms with Crippen molar-refractivity contribution in [3.63, 3.8) is 0 Å². The van der Waals surface area contributed by atoms with Crippen LogP contribution in [0.15, 0.2) is 24.3 Å². The fourth-order valence-corrected chi connectivity index (χ4v) is 1.87. The van der Waals surface area contributed by atoms with Gasteiger partial charge in [-0.2, -0.15) is 0 Å². The van der Waals surface area contributed by atoms with Crippen molar-refractivity contribution >= 4 is 11.6 Å². The van der Waals surface area contributed by atoms with Crippen molar-refractivity contribution in [1.82, 2.24) is 5.32 Å². The van der Waals surface area contributed by atoms with Crippen molar-refractivity contribution in [2.75, 3.05) is 24.5 Å². The van der Waals surface area contributed by atoms with Gasteiger partial charge in [0.2, 0.25) is 5.91 Å². The molecule has 0 bridgehead atoms. The van der Waals surface area contributed by atoms with Crippen LogP contribution in [0.4, 0.5) is 10.1 Å². The van der Waals surface area contributed by atoms with E-state index in [1.165, 1.54) is 11.0 Å². The molecule has 0 atom stereocenters. The summed E-state index contributed by atoms with van der Waals surface area (Å²) in [6.07, 6.45) is 1.28. The molecule has 1 aliphatic heterocycles. The number of hydrogen-bond acceptors (Lipinski definition) is 2. The zero-order valence-electron chi connectivity index (χ0n) is 9.08. The third-order valence-electron chi connectivity index (χ3n) is 2.70. The molecule has 86 valence electrons. The van der Waals surface area contributed by atoms with Crippen LogP contribution in [0.3, 0.4) is 0 Å². The highest BCUT2D eigenvalue weighted by atomic mass is 19.1. The highest BCUT2D eigenvalue weighted by Gasteiger charge is 2.19. The van der Waals surface area contributed by atoms with Crippen LogP contribution in [0.5, 0.6) is 0 Å². The molecule has 1 aliphatic rings. The molecule has 0 saturated carbocycles. The molecule has 1 aromatic carbocycles. The van der Waals surface area contributed by atoms with Gasteiger partial charge in [0, 0.05) is 19.5 Å². The largest absolute Gasteiger partial charge is 0.315 e. The van der Waals surface area contributed by atoms with Crippen molar-refractivity contribution < 1.29 is 9.18 Å². The summed E-state index contributed by atoms with van der Waals surface area (Å²) in [6, 6.07) is 6.41. The molecule has 0 radical (unpaired) electrons. The number of carbonyl (C=O) groups excluding carboxylic acids is 1. The van der Waals surface area contributed by atoms with Gasteiger partial charge in [0.05, 0.1) is 5.69 Å². The average molecular weight is 222 g/mol. The number of rotatable bonds is 1. The first-order valence-electron chi connectivity index (χ1n) is 5.54. The highest BCUT2D eigenvalue weighted by molar-refractivity contribution is 5.93. The monoisotopic (exact) mass is 222 g/mol. The average Bonchev–Trinajstić information content (AvgIpc) is 2.26. The molecule has 4 heteroatoms. The van der Waals surface area contributed by atoms with Crippen molar-refractivity contribution in [2.45, 2.75) is 12.8 Å². The minimum absolute atomic E-state index is 0.00611. The fraction of sp³-hybridized carbons (Fsp3) is 0.417. The quantitative estimate of drug-likeness (QED) is 0.781. The molecule has 0 aliphatic carbocycles. The maximum absolute atomic E-state index is 13.6. The van der Waals surface area contributed by atoms with E-state index in [2.05, 4.69) is 5.32 Å². The summed E-state index contributed by atoms with van der Waals surface area (Å²) >= 11 is 0. The molecule has 16 heavy (non-hydrogen) atoms. The van der Waals surface area contributed by atoms with Gasteiger partial charge in [-0.3, -0.25) is 4.79 Å². The molecule has 1 heterocycles. The zero-order valence-corrected chi connectivity index (χ0v) is 9.08. The van der Waals surface area contributed by atoms with Crippen LogP contribution in [-0.4, -0.2) is 25.5 Å². The van der Waals surface area contributed by atoms with Gasteiger partial charge in [-0.1, -0.05) is 12.1 Å². The lowest BCUT2D eigenvalue weighted by molar-refractivity contribution is -0.118. The summed E-state index contributed by atoms with van der Waals surface area (Å²) in [5.74, 6) is -0.331. The van der Waals surface area contributed by atoms with Crippen LogP contribution in [0.25, 0.3) is 0 Å². The molecule has 1 saturated heterocycles. The zero-order chi connectivity index (χ0) is 11.4. The molecule has 1 N–H and O–H groups in total. The number of halogens is 1. The Bertz CT molecular complexity index is 381. The first-order chi connectivity index (χ1) is 7.79. The van der Waals surface area contributed by atoms with Gasteiger partial charge >= 0.3 is 0 Å². The first-order valence-corrected chi connectivity index (χ1v) is 5.54. The lowest BCUT2D eigenvalue weighted by Crippen LogP contribution is -2.40. The summed E-state index contributed by atoms with van der Waals surface area (Å²) in [7, 11) is 0. The van der Waals surface area contributed by atoms with Gasteiger partial charge in [0.25, 0.3) is 0 Å². The number of benzene rings is 1. The van der Waals surface area contributed by atoms with Gasteiger partial charge in [-0.15, -0.1) is 0 Å². The molecule has 1 fully saturated rings. The summed E-state index contributed by atoms with van der Waals surface area (Å²) in [5, 5.41) is 3.21. The Hall–Kier alpha value is -1.42. The summed E-state index contributed by atoms with van der Waals surface area (Å²) in [5.41, 5.74) is 0.385. The van der Waals surface area contributed by atoms with E-state index in [1.807, 2.05) is 0 Å². The molecule has 1 amide bonds. The van der Waals surface area contributed by atoms with E-state index < -0.39 is 0 Å². The topological polar surface area (TPSA) is 32.3 Å². The van der Waals surface area contributed by atoms with Crippen molar-refractivity contribution in [3.05, 3.63) is 30.1 Å². The molecule has 1 aromatic rings. The smallest absolute Gasteiger partial charge is 0.227 e. The second kappa shape index (κ2) is 5.07. The number of para-hydroxylation sites is 1. The van der Waals surface area contributed by atoms with E-state index >= 15 is 0 Å². The maximum atomic E-state index is 13.6. The predicted octanol–water partition coefficient (Wildman–Crippen LogP) is 1.54. The molecule has 0 spiro atoms. The summed E-state index contributed by atoms with van der Waals surface area (Å²) < 4.78 is 13.6. The second-order valence-corrected chi connectivity index (χ2v) is 3.85. The van der Waals surface area contributed by atoms with Crippen LogP contribution in [0.1, 0.15) is 12.8 Å². The number of nitrogens with zero attached hydrogens (tertiary/aromatic N) is 1. The number of nitrogens with one attached hydrogen (secondary N) is 1. The Kier molecular flexibility index (Phi) is 3.51. The van der Waals surface area contributed by atoms with Gasteiger partial charge in [-0.25, -0.2) is 4.39 Å². The van der Waals surface area contributed by atoms with Crippen molar-refractivity contribution in [2.24, 2.45) is 0 Å². The number of amides is 1. The predicted molar refractivity (Wildman–Crippen MR) is 60.9 cm³/mol. The third kappa shape index (κ3) is 2.39. The van der Waals surface area contributed by atoms with Gasteiger partial charge in [0.1, 0.15) is 5.82 Å². The van der Waals surface area contributed by atoms with Gasteiger partial charge in [-0.05, 0) is 25.1 Å². The lowest BCUT2D eigenvalue weighted by atomic mass is 10.2. The van der Waals surface area contributed by atoms with Gasteiger partial charge < -0.3 is 10.2 Å². The van der Waals surface area contributed by atoms with E-state index in [4.69, 9.17) is 0 Å². The van der Waals surface area contributed by atoms with Gasteiger partial charge in [0.15, 0.2) is 0 Å². The maximum Gasteiger partial charge on any atom is 0.227 e. The Balaban J connectivity index is 2.22. The molecular weight excluding hydrogens is 207 g/mol. The third-order valence-corrected chi connectivity index (χ3v) is 2.70. The number of hydrogen-bond donors (Lipinski definition) is 1. The van der Waals surface area contributed by atoms with E-state index in [0.717, 1.165) is 13.0 Å². The van der Waals surface area contributed by atoms with E-state index in [-0.39, 0.29) is 11.7 Å². The summed E-state index contributed by atoms with van der Waals surface area (Å²) in [4.78, 5) is 13.4. The summed E-state index contributed by atoms with van der Waals surface area (Å²) in [6.45, 7) is 2.09. The molecule has 2 rings (SSSR count). The Labute approximate surface area is 94.3 Å². The van der Waals surface area contributed by atoms with Crippen LogP contribution < -0.4 is 10.2 Å². The molecule has 0 aromatic heterocycles. The minimum Gasteiger partial charge on any atom is -0.315 e. The minimum atomic E-state index is -0.337. The standard InChI is InChI=1S/C12H15FN2O/c13-10-4-1-2-5-11(10)15-9-8-14-7-3-6-12(15)16/h1-2,4-5,14H,3,6-9H2. The van der Waals surface area contributed by atoms with Crippen LogP contribution >= 0.6 is 0 Å². The lowest BCUT2D eigenvalue weighted by Gasteiger charge is -2.25. The van der Waals surface area contributed by atoms with E-state index in [1.54, 1.807) is 18.2 Å². The van der Waals surface area contributed by atoms with Crippen LogP contribution in [0.2, 0.25) is 0 Å². The Morgan fingerprint density at radius 3 is 2.88 bits per heavy atom. The molecule has 0 unspecified atom stereocenters. The first kappa shape index (κ1) is 11.1. The fourth-order valence-electron chi connectivity index (χ4n) is 1.87. The van der Waals surface area contributed by atoms with Crippen LogP contribution in [0, 0.1) is 5.82 Å². The second-order valence-electron chi connectivity index (χ2n) is 3.85.